The van der Waals surface area contributed by atoms with Crippen molar-refractivity contribution in [2.45, 2.75) is 26.2 Å². The van der Waals surface area contributed by atoms with E-state index in [0.717, 1.165) is 5.56 Å². The fourth-order valence-electron chi connectivity index (χ4n) is 2.38. The molecular formula is C18H24N2O3S2. The summed E-state index contributed by atoms with van der Waals surface area (Å²) in [6.45, 7) is 6.75. The molecule has 1 aromatic carbocycles. The maximum absolute atomic E-state index is 12.1. The Bertz CT molecular complexity index is 805. The van der Waals surface area contributed by atoms with Crippen LogP contribution in [0.4, 0.5) is 5.69 Å². The minimum atomic E-state index is -3.43. The van der Waals surface area contributed by atoms with Gasteiger partial charge in [-0.3, -0.25) is 9.10 Å². The Hall–Kier alpha value is -1.86. The number of benzene rings is 1. The molecule has 0 saturated carbocycles. The molecule has 1 N–H and O–H groups in total. The van der Waals surface area contributed by atoms with E-state index in [1.165, 1.54) is 21.9 Å². The Kier molecular flexibility index (Phi) is 5.90. The molecule has 25 heavy (non-hydrogen) atoms. The number of nitrogens with zero attached hydrogens (tertiary/aromatic N) is 1. The smallest absolute Gasteiger partial charge is 0.261 e. The average molecular weight is 381 g/mol. The van der Waals surface area contributed by atoms with Crippen molar-refractivity contribution in [3.05, 3.63) is 52.2 Å². The number of rotatable bonds is 6. The van der Waals surface area contributed by atoms with E-state index in [-0.39, 0.29) is 24.4 Å². The van der Waals surface area contributed by atoms with E-state index in [2.05, 4.69) is 26.1 Å². The molecule has 0 bridgehead atoms. The van der Waals surface area contributed by atoms with Crippen molar-refractivity contribution < 1.29 is 13.2 Å². The van der Waals surface area contributed by atoms with E-state index < -0.39 is 10.0 Å². The maximum Gasteiger partial charge on any atom is 0.261 e. The van der Waals surface area contributed by atoms with E-state index in [9.17, 15) is 13.2 Å². The number of hydrogen-bond acceptors (Lipinski definition) is 4. The number of carbonyl (C=O) groups excluding carboxylic acids is 1. The van der Waals surface area contributed by atoms with Crippen LogP contribution in [0.2, 0.25) is 0 Å². The summed E-state index contributed by atoms with van der Waals surface area (Å²) in [6.07, 6.45) is 1.17. The molecule has 7 heteroatoms. The Labute approximate surface area is 153 Å². The average Bonchev–Trinajstić information content (AvgIpc) is 3.04. The van der Waals surface area contributed by atoms with Crippen LogP contribution in [-0.4, -0.2) is 33.7 Å². The zero-order valence-electron chi connectivity index (χ0n) is 14.9. The molecule has 0 radical (unpaired) electrons. The first-order valence-corrected chi connectivity index (χ1v) is 10.7. The van der Waals surface area contributed by atoms with Crippen LogP contribution in [-0.2, 0) is 15.4 Å². The summed E-state index contributed by atoms with van der Waals surface area (Å²) in [6, 6.07) is 11.0. The van der Waals surface area contributed by atoms with E-state index >= 15 is 0 Å². The highest BCUT2D eigenvalue weighted by atomic mass is 32.2. The molecule has 0 spiro atoms. The van der Waals surface area contributed by atoms with Crippen LogP contribution in [0.25, 0.3) is 0 Å². The van der Waals surface area contributed by atoms with Crippen molar-refractivity contribution in [2.24, 2.45) is 0 Å². The van der Waals surface area contributed by atoms with Gasteiger partial charge in [0.15, 0.2) is 0 Å². The van der Waals surface area contributed by atoms with Gasteiger partial charge in [0.1, 0.15) is 0 Å². The topological polar surface area (TPSA) is 66.5 Å². The SMILES string of the molecule is CC(C)(C)c1ccc(N(CCNC(=O)c2cccs2)S(C)(=O)=O)cc1. The molecule has 0 aliphatic rings. The van der Waals surface area contributed by atoms with Crippen LogP contribution >= 0.6 is 11.3 Å². The molecule has 136 valence electrons. The molecule has 1 heterocycles. The molecule has 0 unspecified atom stereocenters. The monoisotopic (exact) mass is 380 g/mol. The van der Waals surface area contributed by atoms with E-state index in [1.807, 2.05) is 29.6 Å². The van der Waals surface area contributed by atoms with E-state index in [4.69, 9.17) is 0 Å². The lowest BCUT2D eigenvalue weighted by Gasteiger charge is -2.24. The number of anilines is 1. The first-order chi connectivity index (χ1) is 11.6. The highest BCUT2D eigenvalue weighted by Gasteiger charge is 2.19. The fourth-order valence-corrected chi connectivity index (χ4v) is 3.95. The van der Waals surface area contributed by atoms with Gasteiger partial charge in [0, 0.05) is 6.54 Å². The van der Waals surface area contributed by atoms with Gasteiger partial charge in [0.05, 0.1) is 23.4 Å². The molecule has 0 saturated heterocycles. The Morgan fingerprint density at radius 1 is 1.16 bits per heavy atom. The van der Waals surface area contributed by atoms with Crippen LogP contribution in [0.15, 0.2) is 41.8 Å². The van der Waals surface area contributed by atoms with Crippen LogP contribution in [0, 0.1) is 0 Å². The first kappa shape index (κ1) is 19.5. The summed E-state index contributed by atoms with van der Waals surface area (Å²) in [7, 11) is -3.43. The molecule has 0 aliphatic heterocycles. The molecule has 0 aliphatic carbocycles. The Balaban J connectivity index is 2.08. The van der Waals surface area contributed by atoms with Gasteiger partial charge in [0.25, 0.3) is 5.91 Å². The normalized spacial score (nSPS) is 12.0. The van der Waals surface area contributed by atoms with Gasteiger partial charge in [-0.05, 0) is 34.6 Å². The summed E-state index contributed by atoms with van der Waals surface area (Å²) < 4.78 is 25.6. The predicted octanol–water partition coefficient (Wildman–Crippen LogP) is 3.24. The van der Waals surface area contributed by atoms with Gasteiger partial charge in [-0.1, -0.05) is 39.0 Å². The number of sulfonamides is 1. The van der Waals surface area contributed by atoms with Crippen LogP contribution in [0.5, 0.6) is 0 Å². The molecule has 2 aromatic rings. The molecule has 1 aromatic heterocycles. The number of hydrogen-bond donors (Lipinski definition) is 1. The third-order valence-corrected chi connectivity index (χ3v) is 5.83. The van der Waals surface area contributed by atoms with Crippen molar-refractivity contribution in [1.29, 1.82) is 0 Å². The number of thiophene rings is 1. The van der Waals surface area contributed by atoms with Gasteiger partial charge in [0.2, 0.25) is 10.0 Å². The molecule has 0 atom stereocenters. The quantitative estimate of drug-likeness (QED) is 0.837. The fraction of sp³-hybridized carbons (Fsp3) is 0.389. The van der Waals surface area contributed by atoms with Crippen molar-refractivity contribution in [3.8, 4) is 0 Å². The van der Waals surface area contributed by atoms with E-state index in [1.54, 1.807) is 12.1 Å². The molecule has 2 rings (SSSR count). The minimum absolute atomic E-state index is 0.00311. The lowest BCUT2D eigenvalue weighted by molar-refractivity contribution is 0.0959. The maximum atomic E-state index is 12.1. The van der Waals surface area contributed by atoms with Gasteiger partial charge in [-0.25, -0.2) is 8.42 Å². The second-order valence-corrected chi connectivity index (χ2v) is 9.72. The second kappa shape index (κ2) is 7.58. The van der Waals surface area contributed by atoms with Gasteiger partial charge >= 0.3 is 0 Å². The molecular weight excluding hydrogens is 356 g/mol. The summed E-state index contributed by atoms with van der Waals surface area (Å²) in [4.78, 5) is 12.6. The lowest BCUT2D eigenvalue weighted by atomic mass is 9.87. The Morgan fingerprint density at radius 3 is 2.28 bits per heavy atom. The third kappa shape index (κ3) is 5.31. The zero-order chi connectivity index (χ0) is 18.7. The molecule has 0 fully saturated rings. The van der Waals surface area contributed by atoms with Gasteiger partial charge < -0.3 is 5.32 Å². The van der Waals surface area contributed by atoms with Crippen LogP contribution in [0.3, 0.4) is 0 Å². The van der Waals surface area contributed by atoms with Crippen LogP contribution in [0.1, 0.15) is 36.0 Å². The van der Waals surface area contributed by atoms with Crippen molar-refractivity contribution >= 4 is 33.0 Å². The summed E-state index contributed by atoms with van der Waals surface area (Å²) in [5.74, 6) is -0.188. The second-order valence-electron chi connectivity index (χ2n) is 6.87. The van der Waals surface area contributed by atoms with Crippen molar-refractivity contribution in [1.82, 2.24) is 5.32 Å². The number of nitrogens with one attached hydrogen (secondary N) is 1. The van der Waals surface area contributed by atoms with Crippen molar-refractivity contribution in [2.75, 3.05) is 23.7 Å². The standard InChI is InChI=1S/C18H24N2O3S2/c1-18(2,3)14-7-9-15(10-8-14)20(25(4,22)23)12-11-19-17(21)16-6-5-13-24-16/h5-10,13H,11-12H2,1-4H3,(H,19,21). The molecule has 5 nitrogen and oxygen atoms in total. The number of amides is 1. The van der Waals surface area contributed by atoms with Crippen LogP contribution < -0.4 is 9.62 Å². The largest absolute Gasteiger partial charge is 0.350 e. The third-order valence-electron chi connectivity index (χ3n) is 3.77. The van der Waals surface area contributed by atoms with Gasteiger partial charge in [-0.15, -0.1) is 11.3 Å². The highest BCUT2D eigenvalue weighted by Crippen LogP contribution is 2.25. The highest BCUT2D eigenvalue weighted by molar-refractivity contribution is 7.92. The lowest BCUT2D eigenvalue weighted by Crippen LogP contribution is -2.38. The summed E-state index contributed by atoms with van der Waals surface area (Å²) >= 11 is 1.35. The Morgan fingerprint density at radius 2 is 1.80 bits per heavy atom. The van der Waals surface area contributed by atoms with Gasteiger partial charge in [-0.2, -0.15) is 0 Å². The van der Waals surface area contributed by atoms with E-state index in [0.29, 0.717) is 10.6 Å². The summed E-state index contributed by atoms with van der Waals surface area (Å²) in [5, 5.41) is 4.59. The minimum Gasteiger partial charge on any atom is -0.350 e. The summed E-state index contributed by atoms with van der Waals surface area (Å²) in [5.41, 5.74) is 1.74. The first-order valence-electron chi connectivity index (χ1n) is 7.99. The number of carbonyl (C=O) groups is 1. The predicted molar refractivity (Wildman–Crippen MR) is 104 cm³/mol. The molecule has 1 amide bonds. The zero-order valence-corrected chi connectivity index (χ0v) is 16.6. The van der Waals surface area contributed by atoms with Crippen molar-refractivity contribution in [3.63, 3.8) is 0 Å².